The highest BCUT2D eigenvalue weighted by Crippen LogP contribution is 2.06. The highest BCUT2D eigenvalue weighted by Gasteiger charge is 2.07. The predicted molar refractivity (Wildman–Crippen MR) is 62.7 cm³/mol. The first-order valence-corrected chi connectivity index (χ1v) is 5.34. The Balaban J connectivity index is 2.93. The van der Waals surface area contributed by atoms with Gasteiger partial charge in [0.1, 0.15) is 5.38 Å². The molecular formula is C10H13ClN4O. The number of halogens is 1. The van der Waals surface area contributed by atoms with Crippen LogP contribution < -0.4 is 10.5 Å². The molecule has 1 heterocycles. The fourth-order valence-electron chi connectivity index (χ4n) is 1.15. The molecule has 0 saturated carbocycles. The van der Waals surface area contributed by atoms with Gasteiger partial charge in [-0.15, -0.1) is 11.6 Å². The maximum Gasteiger partial charge on any atom is 0.268 e. The summed E-state index contributed by atoms with van der Waals surface area (Å²) < 4.78 is 1.19. The Morgan fingerprint density at radius 3 is 2.94 bits per heavy atom. The van der Waals surface area contributed by atoms with Crippen LogP contribution in [0.4, 0.5) is 5.69 Å². The van der Waals surface area contributed by atoms with Gasteiger partial charge >= 0.3 is 0 Å². The molecule has 1 atom stereocenters. The third-order valence-corrected chi connectivity index (χ3v) is 2.48. The number of aromatic nitrogens is 2. The van der Waals surface area contributed by atoms with Crippen LogP contribution in [0.5, 0.6) is 0 Å². The topological polar surface area (TPSA) is 61.9 Å². The van der Waals surface area contributed by atoms with Crippen LogP contribution in [0, 0.1) is 11.3 Å². The molecule has 0 spiro atoms. The molecular weight excluding hydrogens is 228 g/mol. The molecule has 1 aromatic rings. The zero-order valence-electron chi connectivity index (χ0n) is 9.22. The van der Waals surface area contributed by atoms with E-state index in [0.29, 0.717) is 0 Å². The minimum Gasteiger partial charge on any atom is -0.373 e. The molecule has 86 valence electrons. The van der Waals surface area contributed by atoms with Crippen LogP contribution in [0.25, 0.3) is 0 Å². The predicted octanol–water partition coefficient (Wildman–Crippen LogP) is 0.830. The average molecular weight is 241 g/mol. The molecule has 0 amide bonds. The SMILES string of the molecule is CCN(C)c1cnn(CC(Cl)C#N)c(=O)c1. The van der Waals surface area contributed by atoms with Gasteiger partial charge in [0.2, 0.25) is 0 Å². The quantitative estimate of drug-likeness (QED) is 0.732. The molecule has 0 saturated heterocycles. The molecule has 0 aliphatic rings. The number of alkyl halides is 1. The first-order chi connectivity index (χ1) is 7.58. The first kappa shape index (κ1) is 12.5. The van der Waals surface area contributed by atoms with Crippen molar-refractivity contribution in [2.75, 3.05) is 18.5 Å². The van der Waals surface area contributed by atoms with Crippen LogP contribution >= 0.6 is 11.6 Å². The fraction of sp³-hybridized carbons (Fsp3) is 0.500. The van der Waals surface area contributed by atoms with E-state index in [1.54, 1.807) is 6.20 Å². The first-order valence-electron chi connectivity index (χ1n) is 4.90. The van der Waals surface area contributed by atoms with Crippen molar-refractivity contribution in [2.24, 2.45) is 0 Å². The molecule has 1 unspecified atom stereocenters. The molecule has 5 nitrogen and oxygen atoms in total. The van der Waals surface area contributed by atoms with Crippen LogP contribution in [0.15, 0.2) is 17.1 Å². The summed E-state index contributed by atoms with van der Waals surface area (Å²) in [7, 11) is 1.88. The van der Waals surface area contributed by atoms with Crippen molar-refractivity contribution >= 4 is 17.3 Å². The summed E-state index contributed by atoms with van der Waals surface area (Å²) in [6.45, 7) is 2.88. The van der Waals surface area contributed by atoms with Crippen molar-refractivity contribution in [2.45, 2.75) is 18.8 Å². The lowest BCUT2D eigenvalue weighted by Crippen LogP contribution is -2.28. The van der Waals surface area contributed by atoms with E-state index < -0.39 is 5.38 Å². The fourth-order valence-corrected chi connectivity index (χ4v) is 1.28. The Morgan fingerprint density at radius 2 is 2.44 bits per heavy atom. The zero-order valence-corrected chi connectivity index (χ0v) is 9.98. The number of rotatable bonds is 4. The molecule has 0 bridgehead atoms. The summed E-state index contributed by atoms with van der Waals surface area (Å²) in [5, 5.41) is 11.8. The molecule has 6 heteroatoms. The van der Waals surface area contributed by atoms with Gasteiger partial charge in [-0.1, -0.05) is 0 Å². The van der Waals surface area contributed by atoms with Gasteiger partial charge in [0.25, 0.3) is 5.56 Å². The van der Waals surface area contributed by atoms with Crippen molar-refractivity contribution < 1.29 is 0 Å². The second-order valence-electron chi connectivity index (χ2n) is 3.34. The van der Waals surface area contributed by atoms with Gasteiger partial charge in [-0.3, -0.25) is 4.79 Å². The molecule has 1 rings (SSSR count). The van der Waals surface area contributed by atoms with E-state index in [0.717, 1.165) is 12.2 Å². The van der Waals surface area contributed by atoms with E-state index in [4.69, 9.17) is 16.9 Å². The van der Waals surface area contributed by atoms with Crippen molar-refractivity contribution in [3.63, 3.8) is 0 Å². The summed E-state index contributed by atoms with van der Waals surface area (Å²) in [6, 6.07) is 3.33. The Morgan fingerprint density at radius 1 is 1.75 bits per heavy atom. The summed E-state index contributed by atoms with van der Waals surface area (Å²) in [5.74, 6) is 0. The number of nitrogens with zero attached hydrogens (tertiary/aromatic N) is 4. The molecule has 0 aromatic carbocycles. The lowest BCUT2D eigenvalue weighted by Gasteiger charge is -2.16. The summed E-state index contributed by atoms with van der Waals surface area (Å²) in [4.78, 5) is 13.5. The van der Waals surface area contributed by atoms with E-state index >= 15 is 0 Å². The van der Waals surface area contributed by atoms with Crippen LogP contribution in [0.1, 0.15) is 6.92 Å². The lowest BCUT2D eigenvalue weighted by molar-refractivity contribution is 0.591. The van der Waals surface area contributed by atoms with Gasteiger partial charge < -0.3 is 4.90 Å². The second-order valence-corrected chi connectivity index (χ2v) is 3.87. The lowest BCUT2D eigenvalue weighted by atomic mass is 10.4. The van der Waals surface area contributed by atoms with Crippen molar-refractivity contribution in [3.05, 3.63) is 22.6 Å². The van der Waals surface area contributed by atoms with Gasteiger partial charge in [0, 0.05) is 19.7 Å². The monoisotopic (exact) mass is 240 g/mol. The zero-order chi connectivity index (χ0) is 12.1. The van der Waals surface area contributed by atoms with Crippen molar-refractivity contribution in [1.82, 2.24) is 9.78 Å². The van der Waals surface area contributed by atoms with Gasteiger partial charge in [-0.2, -0.15) is 10.4 Å². The Hall–Kier alpha value is -1.54. The third kappa shape index (κ3) is 2.97. The number of hydrogen-bond donors (Lipinski definition) is 0. The largest absolute Gasteiger partial charge is 0.373 e. The van der Waals surface area contributed by atoms with Crippen LogP contribution in [-0.4, -0.2) is 28.8 Å². The highest BCUT2D eigenvalue weighted by atomic mass is 35.5. The Kier molecular flexibility index (Phi) is 4.32. The van der Waals surface area contributed by atoms with Gasteiger partial charge in [-0.25, -0.2) is 4.68 Å². The standard InChI is InChI=1S/C10H13ClN4O/c1-3-14(2)9-4-10(16)15(13-6-9)7-8(11)5-12/h4,6,8H,3,7H2,1-2H3. The normalized spacial score (nSPS) is 11.9. The molecule has 0 aliphatic carbocycles. The minimum absolute atomic E-state index is 0.104. The Bertz CT molecular complexity index is 451. The van der Waals surface area contributed by atoms with Gasteiger partial charge in [-0.05, 0) is 6.92 Å². The number of nitriles is 1. The molecule has 0 aliphatic heterocycles. The smallest absolute Gasteiger partial charge is 0.268 e. The summed E-state index contributed by atoms with van der Waals surface area (Å²) in [6.07, 6.45) is 1.59. The maximum absolute atomic E-state index is 11.6. The van der Waals surface area contributed by atoms with Crippen molar-refractivity contribution in [3.8, 4) is 6.07 Å². The van der Waals surface area contributed by atoms with Crippen LogP contribution in [0.3, 0.4) is 0 Å². The van der Waals surface area contributed by atoms with Crippen molar-refractivity contribution in [1.29, 1.82) is 5.26 Å². The molecule has 0 radical (unpaired) electrons. The maximum atomic E-state index is 11.6. The second kappa shape index (κ2) is 5.52. The molecule has 0 N–H and O–H groups in total. The van der Waals surface area contributed by atoms with E-state index in [1.807, 2.05) is 24.9 Å². The van der Waals surface area contributed by atoms with E-state index in [2.05, 4.69) is 5.10 Å². The van der Waals surface area contributed by atoms with E-state index in [9.17, 15) is 4.79 Å². The minimum atomic E-state index is -0.736. The molecule has 16 heavy (non-hydrogen) atoms. The molecule has 0 fully saturated rings. The van der Waals surface area contributed by atoms with E-state index in [1.165, 1.54) is 10.7 Å². The van der Waals surface area contributed by atoms with E-state index in [-0.39, 0.29) is 12.1 Å². The number of hydrogen-bond acceptors (Lipinski definition) is 4. The van der Waals surface area contributed by atoms with Gasteiger partial charge in [0.15, 0.2) is 0 Å². The van der Waals surface area contributed by atoms with Crippen LogP contribution in [-0.2, 0) is 6.54 Å². The highest BCUT2D eigenvalue weighted by molar-refractivity contribution is 6.22. The molecule has 1 aromatic heterocycles. The Labute approximate surface area is 98.9 Å². The average Bonchev–Trinajstić information content (AvgIpc) is 2.30. The van der Waals surface area contributed by atoms with Crippen LogP contribution in [0.2, 0.25) is 0 Å². The van der Waals surface area contributed by atoms with Gasteiger partial charge in [0.05, 0.1) is 24.5 Å². The number of anilines is 1. The summed E-state index contributed by atoms with van der Waals surface area (Å²) in [5.41, 5.74) is 0.505. The third-order valence-electron chi connectivity index (χ3n) is 2.24. The summed E-state index contributed by atoms with van der Waals surface area (Å²) >= 11 is 5.63.